The third-order valence-corrected chi connectivity index (χ3v) is 2.91. The zero-order valence-corrected chi connectivity index (χ0v) is 11.4. The normalized spacial score (nSPS) is 11.8. The molecule has 0 unspecified atom stereocenters. The monoisotopic (exact) mass is 281 g/mol. The van der Waals surface area contributed by atoms with Gasteiger partial charge in [0.15, 0.2) is 0 Å². The molecule has 0 aliphatic rings. The fourth-order valence-electron chi connectivity index (χ4n) is 1.79. The first-order valence-corrected chi connectivity index (χ1v) is 6.68. The van der Waals surface area contributed by atoms with E-state index in [9.17, 15) is 14.9 Å². The molecule has 0 saturated carbocycles. The molecular weight excluding hydrogens is 262 g/mol. The quantitative estimate of drug-likeness (QED) is 0.324. The summed E-state index contributed by atoms with van der Waals surface area (Å²) < 4.78 is 5.30. The van der Waals surface area contributed by atoms with Crippen LogP contribution >= 0.6 is 0 Å². The number of carboxylic acid groups (broad SMARTS) is 1. The molecule has 6 heteroatoms. The lowest BCUT2D eigenvalue weighted by Crippen LogP contribution is -2.26. The van der Waals surface area contributed by atoms with Crippen LogP contribution in [0.25, 0.3) is 0 Å². The Morgan fingerprint density at radius 3 is 2.45 bits per heavy atom. The molecule has 6 nitrogen and oxygen atoms in total. The fourth-order valence-corrected chi connectivity index (χ4v) is 1.79. The number of rotatable bonds is 9. The van der Waals surface area contributed by atoms with Gasteiger partial charge in [0.2, 0.25) is 0 Å². The van der Waals surface area contributed by atoms with Crippen LogP contribution in [0.15, 0.2) is 24.3 Å². The van der Waals surface area contributed by atoms with Gasteiger partial charge in [0.1, 0.15) is 5.75 Å². The van der Waals surface area contributed by atoms with Gasteiger partial charge in [0.05, 0.1) is 16.9 Å². The van der Waals surface area contributed by atoms with E-state index in [-0.39, 0.29) is 5.56 Å². The number of ether oxygens (including phenoxy) is 1. The van der Waals surface area contributed by atoms with Gasteiger partial charge in [0.25, 0.3) is 0 Å². The van der Waals surface area contributed by atoms with E-state index < -0.39 is 17.1 Å². The highest BCUT2D eigenvalue weighted by molar-refractivity contribution is 5.87. The second-order valence-corrected chi connectivity index (χ2v) is 4.54. The van der Waals surface area contributed by atoms with Gasteiger partial charge in [-0.15, -0.1) is 0 Å². The smallest absolute Gasteiger partial charge is 0.353 e. The molecule has 0 radical (unpaired) electrons. The second kappa shape index (κ2) is 8.14. The second-order valence-electron chi connectivity index (χ2n) is 4.54. The van der Waals surface area contributed by atoms with Gasteiger partial charge in [-0.25, -0.2) is 4.79 Å². The van der Waals surface area contributed by atoms with Crippen LogP contribution in [0.5, 0.6) is 5.75 Å². The van der Waals surface area contributed by atoms with Gasteiger partial charge < -0.3 is 9.84 Å². The van der Waals surface area contributed by atoms with Gasteiger partial charge in [-0.3, -0.25) is 10.1 Å². The minimum absolute atomic E-state index is 0.123. The van der Waals surface area contributed by atoms with E-state index >= 15 is 0 Å². The Morgan fingerprint density at radius 1 is 1.30 bits per heavy atom. The highest BCUT2D eigenvalue weighted by Gasteiger charge is 2.21. The molecule has 0 fully saturated rings. The van der Waals surface area contributed by atoms with Crippen LogP contribution in [0.4, 0.5) is 0 Å². The average molecular weight is 281 g/mol. The number of hydrogen-bond acceptors (Lipinski definition) is 4. The molecule has 1 atom stereocenters. The lowest BCUT2D eigenvalue weighted by Gasteiger charge is -2.12. The van der Waals surface area contributed by atoms with Gasteiger partial charge >= 0.3 is 12.2 Å². The topological polar surface area (TPSA) is 89.7 Å². The number of carbonyl (C=O) groups is 1. The summed E-state index contributed by atoms with van der Waals surface area (Å²) in [4.78, 5) is 21.2. The largest absolute Gasteiger partial charge is 0.478 e. The highest BCUT2D eigenvalue weighted by Crippen LogP contribution is 2.17. The van der Waals surface area contributed by atoms with Crippen LogP contribution in [0.2, 0.25) is 0 Å². The number of benzene rings is 1. The van der Waals surface area contributed by atoms with Crippen molar-refractivity contribution in [3.05, 3.63) is 39.9 Å². The zero-order chi connectivity index (χ0) is 15.0. The van der Waals surface area contributed by atoms with Crippen LogP contribution < -0.4 is 4.74 Å². The Labute approximate surface area is 117 Å². The van der Waals surface area contributed by atoms with Crippen molar-refractivity contribution in [3.63, 3.8) is 0 Å². The first-order valence-electron chi connectivity index (χ1n) is 6.68. The molecule has 110 valence electrons. The summed E-state index contributed by atoms with van der Waals surface area (Å²) >= 11 is 0. The predicted octanol–water partition coefficient (Wildman–Crippen LogP) is 3.34. The van der Waals surface area contributed by atoms with Crippen molar-refractivity contribution in [1.82, 2.24) is 0 Å². The molecule has 0 aromatic heterocycles. The molecule has 1 N–H and O–H groups in total. The van der Waals surface area contributed by atoms with Crippen molar-refractivity contribution >= 4 is 5.97 Å². The number of nitrogens with zero attached hydrogens (tertiary/aromatic N) is 1. The molecule has 0 spiro atoms. The summed E-state index contributed by atoms with van der Waals surface area (Å²) in [5.74, 6) is -0.728. The number of aromatic carboxylic acids is 1. The Kier molecular flexibility index (Phi) is 6.49. The number of nitro groups is 1. The third kappa shape index (κ3) is 5.26. The maximum absolute atomic E-state index is 10.9. The first-order chi connectivity index (χ1) is 9.54. The summed E-state index contributed by atoms with van der Waals surface area (Å²) in [7, 11) is 0. The zero-order valence-electron chi connectivity index (χ0n) is 11.4. The Bertz CT molecular complexity index is 443. The van der Waals surface area contributed by atoms with E-state index in [0.717, 1.165) is 25.7 Å². The molecule has 0 saturated heterocycles. The number of unbranched alkanes of at least 4 members (excludes halogenated alkanes) is 3. The SMILES string of the molecule is CCCCCC[C@@H](Oc1ccc(C(=O)O)cc1)[N+](=O)[O-]. The van der Waals surface area contributed by atoms with Crippen molar-refractivity contribution in [1.29, 1.82) is 0 Å². The lowest BCUT2D eigenvalue weighted by atomic mass is 10.1. The molecule has 0 aliphatic carbocycles. The summed E-state index contributed by atoms with van der Waals surface area (Å²) in [5, 5.41) is 19.7. The minimum Gasteiger partial charge on any atom is -0.478 e. The van der Waals surface area contributed by atoms with E-state index in [2.05, 4.69) is 6.92 Å². The summed E-state index contributed by atoms with van der Waals surface area (Å²) in [5.41, 5.74) is 0.123. The fraction of sp³-hybridized carbons (Fsp3) is 0.500. The van der Waals surface area contributed by atoms with Crippen LogP contribution in [0.3, 0.4) is 0 Å². The van der Waals surface area contributed by atoms with Crippen molar-refractivity contribution in [2.24, 2.45) is 0 Å². The van der Waals surface area contributed by atoms with E-state index in [1.807, 2.05) is 0 Å². The Morgan fingerprint density at radius 2 is 1.95 bits per heavy atom. The third-order valence-electron chi connectivity index (χ3n) is 2.91. The molecule has 1 rings (SSSR count). The van der Waals surface area contributed by atoms with Crippen LogP contribution in [-0.4, -0.2) is 22.2 Å². The van der Waals surface area contributed by atoms with E-state index in [0.29, 0.717) is 12.2 Å². The molecule has 0 amide bonds. The van der Waals surface area contributed by atoms with Gasteiger partial charge in [-0.2, -0.15) is 0 Å². The number of hydrogen-bond donors (Lipinski definition) is 1. The van der Waals surface area contributed by atoms with Gasteiger partial charge in [-0.1, -0.05) is 26.2 Å². The van der Waals surface area contributed by atoms with Crippen LogP contribution in [0.1, 0.15) is 49.4 Å². The Balaban J connectivity index is 2.56. The van der Waals surface area contributed by atoms with Crippen LogP contribution in [-0.2, 0) is 0 Å². The van der Waals surface area contributed by atoms with Gasteiger partial charge in [0, 0.05) is 0 Å². The first kappa shape index (κ1) is 15.9. The molecule has 20 heavy (non-hydrogen) atoms. The molecule has 1 aromatic carbocycles. The maximum atomic E-state index is 10.9. The summed E-state index contributed by atoms with van der Waals surface area (Å²) in [6, 6.07) is 5.61. The molecule has 0 bridgehead atoms. The predicted molar refractivity (Wildman–Crippen MR) is 73.6 cm³/mol. The Hall–Kier alpha value is -2.11. The minimum atomic E-state index is -1.08. The molecule has 0 heterocycles. The van der Waals surface area contributed by atoms with Crippen molar-refractivity contribution < 1.29 is 19.6 Å². The van der Waals surface area contributed by atoms with Crippen molar-refractivity contribution in [2.45, 2.75) is 45.3 Å². The average Bonchev–Trinajstić information content (AvgIpc) is 2.42. The molecular formula is C14H19NO5. The van der Waals surface area contributed by atoms with Gasteiger partial charge in [-0.05, 0) is 30.7 Å². The van der Waals surface area contributed by atoms with E-state index in [1.165, 1.54) is 24.3 Å². The molecule has 1 aromatic rings. The highest BCUT2D eigenvalue weighted by atomic mass is 16.7. The molecule has 0 aliphatic heterocycles. The van der Waals surface area contributed by atoms with Crippen molar-refractivity contribution in [3.8, 4) is 5.75 Å². The number of carboxylic acids is 1. The van der Waals surface area contributed by atoms with E-state index in [1.54, 1.807) is 0 Å². The van der Waals surface area contributed by atoms with Crippen LogP contribution in [0, 0.1) is 10.1 Å². The lowest BCUT2D eigenvalue weighted by molar-refractivity contribution is -0.563. The van der Waals surface area contributed by atoms with E-state index in [4.69, 9.17) is 9.84 Å². The maximum Gasteiger partial charge on any atom is 0.353 e. The summed E-state index contributed by atoms with van der Waals surface area (Å²) in [6.07, 6.45) is 3.09. The summed E-state index contributed by atoms with van der Waals surface area (Å²) in [6.45, 7) is 2.07. The van der Waals surface area contributed by atoms with Crippen molar-refractivity contribution in [2.75, 3.05) is 0 Å². The standard InChI is InChI=1S/C14H19NO5/c1-2-3-4-5-6-13(15(18)19)20-12-9-7-11(8-10-12)14(16)17/h7-10,13H,2-6H2,1H3,(H,16,17)/t13-/m1/s1.